The summed E-state index contributed by atoms with van der Waals surface area (Å²) in [5.41, 5.74) is 0.478. The summed E-state index contributed by atoms with van der Waals surface area (Å²) >= 11 is 0. The van der Waals surface area contributed by atoms with Crippen molar-refractivity contribution < 1.29 is 25.2 Å². The van der Waals surface area contributed by atoms with E-state index in [1.54, 1.807) is 0 Å². The molecule has 0 amide bonds. The standard InChI is InChI=1S/C33H57NO5/c1-2-3-4-5-8-15-27(35)16-9-6-7-10-17-28(31(37)38)29(36)18-21-33(39)23-22-32(19-11-12-20-32)30(33)25-26-14-13-24-34-26/h13-14,24,27-30,34-36,39H,2-12,15-23,25H2,1H3,(H,37,38). The first-order valence-electron chi connectivity index (χ1n) is 16.2. The van der Waals surface area contributed by atoms with Crippen LogP contribution < -0.4 is 0 Å². The number of aliphatic carboxylic acids is 1. The van der Waals surface area contributed by atoms with Crippen molar-refractivity contribution >= 4 is 5.97 Å². The summed E-state index contributed by atoms with van der Waals surface area (Å²) in [5, 5.41) is 42.8. The number of aliphatic hydroxyl groups excluding tert-OH is 2. The monoisotopic (exact) mass is 547 g/mol. The molecule has 224 valence electrons. The Labute approximate surface area is 237 Å². The Morgan fingerprint density at radius 2 is 1.56 bits per heavy atom. The fraction of sp³-hybridized carbons (Fsp3) is 0.848. The molecule has 5 unspecified atom stereocenters. The van der Waals surface area contributed by atoms with Gasteiger partial charge < -0.3 is 25.4 Å². The Morgan fingerprint density at radius 3 is 2.15 bits per heavy atom. The molecule has 0 bridgehead atoms. The van der Waals surface area contributed by atoms with Crippen LogP contribution in [-0.4, -0.2) is 49.2 Å². The first-order valence-corrected chi connectivity index (χ1v) is 16.2. The molecule has 2 aliphatic rings. The zero-order valence-corrected chi connectivity index (χ0v) is 24.6. The molecular formula is C33H57NO5. The molecule has 2 saturated carbocycles. The maximum absolute atomic E-state index is 12.0. The van der Waals surface area contributed by atoms with Crippen LogP contribution in [0.3, 0.4) is 0 Å². The predicted octanol–water partition coefficient (Wildman–Crippen LogP) is 7.16. The van der Waals surface area contributed by atoms with E-state index in [9.17, 15) is 25.2 Å². The normalized spacial score (nSPS) is 24.8. The van der Waals surface area contributed by atoms with Gasteiger partial charge in [-0.1, -0.05) is 77.6 Å². The van der Waals surface area contributed by atoms with Gasteiger partial charge in [0.1, 0.15) is 0 Å². The molecule has 39 heavy (non-hydrogen) atoms. The van der Waals surface area contributed by atoms with Gasteiger partial charge in [0.05, 0.1) is 23.7 Å². The third-order valence-corrected chi connectivity index (χ3v) is 10.2. The Balaban J connectivity index is 1.40. The van der Waals surface area contributed by atoms with E-state index in [0.29, 0.717) is 19.3 Å². The van der Waals surface area contributed by atoms with Crippen LogP contribution in [0.15, 0.2) is 18.3 Å². The first-order chi connectivity index (χ1) is 18.8. The highest BCUT2D eigenvalue weighted by molar-refractivity contribution is 5.70. The van der Waals surface area contributed by atoms with Crippen molar-refractivity contribution in [2.75, 3.05) is 0 Å². The average Bonchev–Trinajstić information content (AvgIpc) is 3.66. The van der Waals surface area contributed by atoms with E-state index in [0.717, 1.165) is 82.7 Å². The third-order valence-electron chi connectivity index (χ3n) is 10.2. The number of aromatic nitrogens is 1. The first kappa shape index (κ1) is 32.1. The summed E-state index contributed by atoms with van der Waals surface area (Å²) in [5.74, 6) is -1.58. The molecule has 6 heteroatoms. The number of nitrogens with one attached hydrogen (secondary N) is 1. The zero-order valence-electron chi connectivity index (χ0n) is 24.6. The lowest BCUT2D eigenvalue weighted by atomic mass is 9.69. The molecule has 2 fully saturated rings. The molecule has 0 radical (unpaired) electrons. The van der Waals surface area contributed by atoms with Crippen molar-refractivity contribution in [3.05, 3.63) is 24.0 Å². The van der Waals surface area contributed by atoms with Crippen molar-refractivity contribution in [3.8, 4) is 0 Å². The van der Waals surface area contributed by atoms with Crippen molar-refractivity contribution in [1.82, 2.24) is 4.98 Å². The molecule has 0 aliphatic heterocycles. The predicted molar refractivity (Wildman–Crippen MR) is 157 cm³/mol. The summed E-state index contributed by atoms with van der Waals surface area (Å²) in [4.78, 5) is 15.3. The second kappa shape index (κ2) is 16.2. The quantitative estimate of drug-likeness (QED) is 0.111. The molecular weight excluding hydrogens is 490 g/mol. The minimum atomic E-state index is -0.938. The van der Waals surface area contributed by atoms with E-state index in [2.05, 4.69) is 18.0 Å². The summed E-state index contributed by atoms with van der Waals surface area (Å²) in [7, 11) is 0. The maximum Gasteiger partial charge on any atom is 0.309 e. The minimum Gasteiger partial charge on any atom is -0.481 e. The number of rotatable bonds is 20. The molecule has 5 N–H and O–H groups in total. The van der Waals surface area contributed by atoms with Crippen LogP contribution in [0, 0.1) is 17.3 Å². The number of aliphatic hydroxyl groups is 3. The molecule has 1 aromatic rings. The van der Waals surface area contributed by atoms with E-state index in [4.69, 9.17) is 0 Å². The van der Waals surface area contributed by atoms with Crippen LogP contribution >= 0.6 is 0 Å². The van der Waals surface area contributed by atoms with Gasteiger partial charge in [-0.25, -0.2) is 0 Å². The third kappa shape index (κ3) is 9.60. The van der Waals surface area contributed by atoms with E-state index < -0.39 is 23.6 Å². The van der Waals surface area contributed by atoms with Gasteiger partial charge in [0, 0.05) is 11.9 Å². The highest BCUT2D eigenvalue weighted by atomic mass is 16.4. The average molecular weight is 548 g/mol. The molecule has 0 saturated heterocycles. The second-order valence-corrected chi connectivity index (χ2v) is 13.0. The molecule has 2 aliphatic carbocycles. The Morgan fingerprint density at radius 1 is 0.923 bits per heavy atom. The number of H-pyrrole nitrogens is 1. The van der Waals surface area contributed by atoms with Crippen LogP contribution in [0.2, 0.25) is 0 Å². The van der Waals surface area contributed by atoms with Gasteiger partial charge in [0.15, 0.2) is 0 Å². The van der Waals surface area contributed by atoms with Gasteiger partial charge in [-0.05, 0) is 87.7 Å². The number of hydrogen-bond donors (Lipinski definition) is 5. The van der Waals surface area contributed by atoms with Gasteiger partial charge in [0.2, 0.25) is 0 Å². The van der Waals surface area contributed by atoms with E-state index in [1.165, 1.54) is 38.5 Å². The van der Waals surface area contributed by atoms with Crippen molar-refractivity contribution in [2.45, 2.75) is 160 Å². The largest absolute Gasteiger partial charge is 0.481 e. The number of carboxylic acid groups (broad SMARTS) is 1. The lowest BCUT2D eigenvalue weighted by Gasteiger charge is -2.39. The lowest BCUT2D eigenvalue weighted by Crippen LogP contribution is -2.42. The van der Waals surface area contributed by atoms with Crippen molar-refractivity contribution in [1.29, 1.82) is 0 Å². The van der Waals surface area contributed by atoms with E-state index >= 15 is 0 Å². The number of carbonyl (C=O) groups is 1. The fourth-order valence-electron chi connectivity index (χ4n) is 7.79. The highest BCUT2D eigenvalue weighted by Crippen LogP contribution is 2.60. The lowest BCUT2D eigenvalue weighted by molar-refractivity contribution is -0.147. The molecule has 5 atom stereocenters. The molecule has 3 rings (SSSR count). The molecule has 6 nitrogen and oxygen atoms in total. The summed E-state index contributed by atoms with van der Waals surface area (Å²) in [6.07, 6.45) is 20.8. The van der Waals surface area contributed by atoms with Gasteiger partial charge in [-0.2, -0.15) is 0 Å². The minimum absolute atomic E-state index is 0.147. The maximum atomic E-state index is 12.0. The zero-order chi connectivity index (χ0) is 28.1. The van der Waals surface area contributed by atoms with E-state index in [1.807, 2.05) is 12.3 Å². The molecule has 0 aromatic carbocycles. The summed E-state index contributed by atoms with van der Waals surface area (Å²) in [6, 6.07) is 4.09. The van der Waals surface area contributed by atoms with E-state index in [-0.39, 0.29) is 17.4 Å². The Bertz CT molecular complexity index is 805. The number of aromatic amines is 1. The number of unbranched alkanes of at least 4 members (excludes halogenated alkanes) is 7. The van der Waals surface area contributed by atoms with Crippen molar-refractivity contribution in [2.24, 2.45) is 17.3 Å². The highest BCUT2D eigenvalue weighted by Gasteiger charge is 2.56. The summed E-state index contributed by atoms with van der Waals surface area (Å²) < 4.78 is 0. The Kier molecular flexibility index (Phi) is 13.3. The van der Waals surface area contributed by atoms with Gasteiger partial charge in [-0.3, -0.25) is 4.79 Å². The van der Waals surface area contributed by atoms with Crippen LogP contribution in [-0.2, 0) is 11.2 Å². The topological polar surface area (TPSA) is 114 Å². The fourth-order valence-corrected chi connectivity index (χ4v) is 7.79. The Hall–Kier alpha value is -1.37. The smallest absolute Gasteiger partial charge is 0.309 e. The molecule has 1 heterocycles. The van der Waals surface area contributed by atoms with Crippen LogP contribution in [0.5, 0.6) is 0 Å². The molecule has 1 aromatic heterocycles. The summed E-state index contributed by atoms with van der Waals surface area (Å²) in [6.45, 7) is 2.21. The van der Waals surface area contributed by atoms with Crippen molar-refractivity contribution in [3.63, 3.8) is 0 Å². The van der Waals surface area contributed by atoms with Crippen LogP contribution in [0.1, 0.15) is 141 Å². The van der Waals surface area contributed by atoms with Crippen LogP contribution in [0.25, 0.3) is 0 Å². The van der Waals surface area contributed by atoms with Gasteiger partial charge >= 0.3 is 5.97 Å². The molecule has 1 spiro atoms. The van der Waals surface area contributed by atoms with Gasteiger partial charge in [-0.15, -0.1) is 0 Å². The van der Waals surface area contributed by atoms with Crippen LogP contribution in [0.4, 0.5) is 0 Å². The van der Waals surface area contributed by atoms with Gasteiger partial charge in [0.25, 0.3) is 0 Å². The SMILES string of the molecule is CCCCCCCC(O)CCCCCCC(C(=O)O)C(O)CCC1(O)CCC2(CCCC2)C1Cc1ccc[nH]1. The number of carboxylic acids is 1. The second-order valence-electron chi connectivity index (χ2n) is 13.0. The number of hydrogen-bond acceptors (Lipinski definition) is 4.